The van der Waals surface area contributed by atoms with Crippen molar-refractivity contribution in [2.24, 2.45) is 21.6 Å². The Balaban J connectivity index is 2.47. The van der Waals surface area contributed by atoms with E-state index in [1.165, 1.54) is 6.20 Å². The van der Waals surface area contributed by atoms with Crippen molar-refractivity contribution in [1.29, 1.82) is 0 Å². The third-order valence-corrected chi connectivity index (χ3v) is 14.2. The molecule has 42 heavy (non-hydrogen) atoms. The van der Waals surface area contributed by atoms with Crippen molar-refractivity contribution in [2.45, 2.75) is 118 Å². The molecule has 1 fully saturated rings. The van der Waals surface area contributed by atoms with E-state index in [9.17, 15) is 9.59 Å². The maximum absolute atomic E-state index is 14.3. The van der Waals surface area contributed by atoms with Crippen LogP contribution in [0, 0.1) is 10.8 Å². The molecular formula is C32H52Cl2N4O3Si. The molecule has 1 aliphatic rings. The van der Waals surface area contributed by atoms with Crippen LogP contribution in [0.4, 0.5) is 0 Å². The van der Waals surface area contributed by atoms with E-state index >= 15 is 0 Å². The largest absolute Gasteiger partial charge is 0.408 e. The lowest BCUT2D eigenvalue weighted by atomic mass is 9.72. The minimum Gasteiger partial charge on any atom is -0.408 e. The van der Waals surface area contributed by atoms with Crippen LogP contribution < -0.4 is 5.73 Å². The van der Waals surface area contributed by atoms with Crippen molar-refractivity contribution in [1.82, 2.24) is 9.88 Å². The smallest absolute Gasteiger partial charge is 0.257 e. The fraction of sp³-hybridized carbons (Fsp3) is 0.688. The lowest BCUT2D eigenvalue weighted by Crippen LogP contribution is -2.45. The summed E-state index contributed by atoms with van der Waals surface area (Å²) in [6.45, 7) is 19.1. The fourth-order valence-electron chi connectivity index (χ4n) is 5.79. The van der Waals surface area contributed by atoms with Crippen LogP contribution >= 0.6 is 23.2 Å². The van der Waals surface area contributed by atoms with Gasteiger partial charge in [-0.25, -0.2) is 0 Å². The molecule has 1 unspecified atom stereocenters. The molecule has 0 spiro atoms. The van der Waals surface area contributed by atoms with Crippen LogP contribution in [-0.2, 0) is 14.0 Å². The zero-order valence-corrected chi connectivity index (χ0v) is 29.7. The molecule has 1 aromatic heterocycles. The maximum Gasteiger partial charge on any atom is 0.257 e. The number of halogens is 2. The standard InChI is InChI=1S/C32H52Cl2N4O3Si/c1-10-42(11-2,12-3)41-28(29-26(33)18-36-19-27(29)34)20-38(21-31(6,7)8)30(40)25(17-35)22(4)37-24-13-15-32(9,16-14-24)23(5)39/h17-19,24,28H,10-16,20-21,35H2,1-9H3. The van der Waals surface area contributed by atoms with Crippen LogP contribution in [0.2, 0.25) is 28.2 Å². The number of amides is 1. The zero-order valence-electron chi connectivity index (χ0n) is 27.2. The molecule has 236 valence electrons. The maximum atomic E-state index is 14.3. The predicted molar refractivity (Wildman–Crippen MR) is 178 cm³/mol. The number of hydrogen-bond donors (Lipinski definition) is 1. The summed E-state index contributed by atoms with van der Waals surface area (Å²) < 4.78 is 7.00. The molecule has 1 heterocycles. The van der Waals surface area contributed by atoms with Gasteiger partial charge in [0.15, 0.2) is 8.32 Å². The van der Waals surface area contributed by atoms with Crippen molar-refractivity contribution in [3.8, 4) is 0 Å². The average Bonchev–Trinajstić information content (AvgIpc) is 2.92. The highest BCUT2D eigenvalue weighted by Crippen LogP contribution is 2.39. The third kappa shape index (κ3) is 9.38. The van der Waals surface area contributed by atoms with Gasteiger partial charge in [0.05, 0.1) is 34.3 Å². The molecule has 0 bridgehead atoms. The van der Waals surface area contributed by atoms with E-state index in [-0.39, 0.29) is 35.1 Å². The fourth-order valence-corrected chi connectivity index (χ4v) is 9.20. The number of aromatic nitrogens is 1. The number of aliphatic imine (C=N–C) groups is 1. The third-order valence-electron chi connectivity index (χ3n) is 8.95. The number of nitrogens with zero attached hydrogens (tertiary/aromatic N) is 3. The van der Waals surface area contributed by atoms with Crippen molar-refractivity contribution in [2.75, 3.05) is 13.1 Å². The minimum atomic E-state index is -2.14. The second kappa shape index (κ2) is 15.3. The van der Waals surface area contributed by atoms with Crippen LogP contribution in [-0.4, -0.2) is 54.7 Å². The Kier molecular flexibility index (Phi) is 13.3. The van der Waals surface area contributed by atoms with E-state index in [2.05, 4.69) is 46.5 Å². The minimum absolute atomic E-state index is 0.0482. The van der Waals surface area contributed by atoms with Gasteiger partial charge < -0.3 is 15.1 Å². The van der Waals surface area contributed by atoms with Crippen molar-refractivity contribution in [3.63, 3.8) is 0 Å². The molecule has 10 heteroatoms. The van der Waals surface area contributed by atoms with Gasteiger partial charge in [-0.1, -0.05) is 71.7 Å². The molecular weight excluding hydrogens is 587 g/mol. The Labute approximate surface area is 264 Å². The van der Waals surface area contributed by atoms with E-state index in [0.29, 0.717) is 33.4 Å². The molecule has 7 nitrogen and oxygen atoms in total. The zero-order chi connectivity index (χ0) is 31.9. The first-order valence-electron chi connectivity index (χ1n) is 15.3. The molecule has 0 aromatic carbocycles. The first-order valence-corrected chi connectivity index (χ1v) is 18.6. The number of ketones is 1. The Morgan fingerprint density at radius 3 is 2.10 bits per heavy atom. The second-order valence-corrected chi connectivity index (χ2v) is 18.8. The summed E-state index contributed by atoms with van der Waals surface area (Å²) in [6.07, 6.45) is 7.18. The molecule has 0 radical (unpaired) electrons. The van der Waals surface area contributed by atoms with E-state index < -0.39 is 14.4 Å². The molecule has 2 N–H and O–H groups in total. The molecule has 1 aliphatic carbocycles. The van der Waals surface area contributed by atoms with Gasteiger partial charge in [0.2, 0.25) is 0 Å². The average molecular weight is 640 g/mol. The van der Waals surface area contributed by atoms with Gasteiger partial charge >= 0.3 is 0 Å². The van der Waals surface area contributed by atoms with Gasteiger partial charge in [0.25, 0.3) is 5.91 Å². The lowest BCUT2D eigenvalue weighted by Gasteiger charge is -2.38. The van der Waals surface area contributed by atoms with E-state index in [1.807, 2.05) is 18.7 Å². The van der Waals surface area contributed by atoms with Crippen LogP contribution in [0.5, 0.6) is 0 Å². The van der Waals surface area contributed by atoms with Gasteiger partial charge in [-0.05, 0) is 63.1 Å². The van der Waals surface area contributed by atoms with Crippen molar-refractivity contribution < 1.29 is 14.0 Å². The Morgan fingerprint density at radius 1 is 1.14 bits per heavy atom. The summed E-state index contributed by atoms with van der Waals surface area (Å²) in [4.78, 5) is 37.3. The van der Waals surface area contributed by atoms with Gasteiger partial charge in [-0.15, -0.1) is 0 Å². The van der Waals surface area contributed by atoms with Gasteiger partial charge in [-0.2, -0.15) is 0 Å². The van der Waals surface area contributed by atoms with Gasteiger partial charge in [-0.3, -0.25) is 19.6 Å². The quantitative estimate of drug-likeness (QED) is 0.133. The van der Waals surface area contributed by atoms with E-state index in [1.54, 1.807) is 19.3 Å². The molecule has 0 saturated heterocycles. The lowest BCUT2D eigenvalue weighted by molar-refractivity contribution is -0.129. The van der Waals surface area contributed by atoms with Crippen LogP contribution in [0.15, 0.2) is 29.2 Å². The molecule has 1 atom stereocenters. The molecule has 2 rings (SSSR count). The molecule has 1 amide bonds. The van der Waals surface area contributed by atoms with Crippen molar-refractivity contribution >= 4 is 48.9 Å². The number of nitrogens with two attached hydrogens (primary N) is 1. The second-order valence-electron chi connectivity index (χ2n) is 13.3. The SMILES string of the molecule is CC[Si](CC)(CC)OC(CN(CC(C)(C)C)C(=O)C(=CN)C(C)=NC1CCC(C)(C(C)=O)CC1)c1c(Cl)cncc1Cl. The predicted octanol–water partition coefficient (Wildman–Crippen LogP) is 8.17. The number of pyridine rings is 1. The number of Topliss-reactive ketones (excluding diaryl/α,β-unsaturated/α-hetero) is 1. The summed E-state index contributed by atoms with van der Waals surface area (Å²) in [6, 6.07) is 2.86. The summed E-state index contributed by atoms with van der Waals surface area (Å²) in [5.74, 6) is 0.0226. The summed E-state index contributed by atoms with van der Waals surface area (Å²) in [5.41, 5.74) is 7.26. The molecule has 1 aromatic rings. The summed E-state index contributed by atoms with van der Waals surface area (Å²) in [7, 11) is -2.14. The first-order chi connectivity index (χ1) is 19.5. The van der Waals surface area contributed by atoms with E-state index in [0.717, 1.165) is 43.8 Å². The first kappa shape index (κ1) is 36.4. The number of carbonyl (C=O) groups is 2. The van der Waals surface area contributed by atoms with Crippen LogP contribution in [0.1, 0.15) is 99.7 Å². The summed E-state index contributed by atoms with van der Waals surface area (Å²) in [5, 5.41) is 0.841. The Bertz CT molecular complexity index is 1120. The number of hydrogen-bond acceptors (Lipinski definition) is 6. The number of rotatable bonds is 13. The van der Waals surface area contributed by atoms with E-state index in [4.69, 9.17) is 38.4 Å². The Morgan fingerprint density at radius 2 is 1.67 bits per heavy atom. The van der Waals surface area contributed by atoms with Crippen LogP contribution in [0.25, 0.3) is 0 Å². The van der Waals surface area contributed by atoms with Crippen LogP contribution in [0.3, 0.4) is 0 Å². The van der Waals surface area contributed by atoms with Gasteiger partial charge in [0, 0.05) is 41.8 Å². The van der Waals surface area contributed by atoms with Gasteiger partial charge in [0.1, 0.15) is 5.78 Å². The highest BCUT2D eigenvalue weighted by atomic mass is 35.5. The normalized spacial score (nSPS) is 21.3. The summed E-state index contributed by atoms with van der Waals surface area (Å²) >= 11 is 13.4. The van der Waals surface area contributed by atoms with Crippen molar-refractivity contribution in [3.05, 3.63) is 39.8 Å². The molecule has 0 aliphatic heterocycles. The number of carbonyl (C=O) groups excluding carboxylic acids is 2. The highest BCUT2D eigenvalue weighted by Gasteiger charge is 2.38. The highest BCUT2D eigenvalue weighted by molar-refractivity contribution is 6.73. The monoisotopic (exact) mass is 638 g/mol. The molecule has 1 saturated carbocycles. The Hall–Kier alpha value is -1.74. The topological polar surface area (TPSA) is 97.9 Å².